The Balaban J connectivity index is 1.63. The van der Waals surface area contributed by atoms with Crippen LogP contribution in [0.3, 0.4) is 0 Å². The molecule has 2 aliphatic rings. The van der Waals surface area contributed by atoms with Crippen molar-refractivity contribution < 1.29 is 4.79 Å². The van der Waals surface area contributed by atoms with Crippen LogP contribution in [0.4, 0.5) is 0 Å². The Labute approximate surface area is 122 Å². The number of halogens is 1. The molecule has 0 radical (unpaired) electrons. The summed E-state index contributed by atoms with van der Waals surface area (Å²) in [6.45, 7) is 3.76. The first-order valence-electron chi connectivity index (χ1n) is 6.88. The van der Waals surface area contributed by atoms with Crippen LogP contribution in [0.5, 0.6) is 0 Å². The standard InChI is InChI=1S/C15H19BrN2O/c1-17-6-8-18(9-7-17)15(19)13-10-12(13)11-4-2-3-5-14(11)16/h2-5,12-13H,6-10H2,1H3. The van der Waals surface area contributed by atoms with E-state index in [-0.39, 0.29) is 5.92 Å². The van der Waals surface area contributed by atoms with E-state index in [0.717, 1.165) is 37.1 Å². The van der Waals surface area contributed by atoms with Crippen LogP contribution in [0.1, 0.15) is 17.9 Å². The van der Waals surface area contributed by atoms with Gasteiger partial charge in [0.15, 0.2) is 0 Å². The number of likely N-dealkylation sites (N-methyl/N-ethyl adjacent to an activating group) is 1. The minimum Gasteiger partial charge on any atom is -0.340 e. The van der Waals surface area contributed by atoms with Crippen molar-refractivity contribution in [2.45, 2.75) is 12.3 Å². The highest BCUT2D eigenvalue weighted by atomic mass is 79.9. The van der Waals surface area contributed by atoms with E-state index in [1.54, 1.807) is 0 Å². The summed E-state index contributed by atoms with van der Waals surface area (Å²) in [7, 11) is 2.11. The minimum atomic E-state index is 0.210. The van der Waals surface area contributed by atoms with Gasteiger partial charge < -0.3 is 9.80 Å². The van der Waals surface area contributed by atoms with Crippen molar-refractivity contribution in [3.8, 4) is 0 Å². The molecule has 1 amide bonds. The Bertz CT molecular complexity index is 483. The third-order valence-electron chi connectivity index (χ3n) is 4.23. The van der Waals surface area contributed by atoms with Gasteiger partial charge in [-0.05, 0) is 31.0 Å². The fourth-order valence-electron chi connectivity index (χ4n) is 2.85. The molecule has 0 bridgehead atoms. The number of piperazine rings is 1. The zero-order valence-corrected chi connectivity index (χ0v) is 12.8. The average molecular weight is 323 g/mol. The Hall–Kier alpha value is -0.870. The topological polar surface area (TPSA) is 23.6 Å². The van der Waals surface area contributed by atoms with E-state index in [1.165, 1.54) is 5.56 Å². The van der Waals surface area contributed by atoms with Gasteiger partial charge in [0.2, 0.25) is 5.91 Å². The van der Waals surface area contributed by atoms with E-state index in [4.69, 9.17) is 0 Å². The molecule has 1 saturated heterocycles. The van der Waals surface area contributed by atoms with Gasteiger partial charge in [-0.1, -0.05) is 34.1 Å². The summed E-state index contributed by atoms with van der Waals surface area (Å²) in [5, 5.41) is 0. The first kappa shape index (κ1) is 13.1. The van der Waals surface area contributed by atoms with Crippen LogP contribution in [-0.2, 0) is 4.79 Å². The normalized spacial score (nSPS) is 27.4. The highest BCUT2D eigenvalue weighted by Gasteiger charge is 2.46. The van der Waals surface area contributed by atoms with Crippen molar-refractivity contribution in [1.82, 2.24) is 9.80 Å². The third-order valence-corrected chi connectivity index (χ3v) is 4.95. The van der Waals surface area contributed by atoms with Gasteiger partial charge in [0, 0.05) is 36.6 Å². The van der Waals surface area contributed by atoms with Crippen LogP contribution in [0, 0.1) is 5.92 Å². The lowest BCUT2D eigenvalue weighted by atomic mass is 10.1. The van der Waals surface area contributed by atoms with Gasteiger partial charge >= 0.3 is 0 Å². The SMILES string of the molecule is CN1CCN(C(=O)C2CC2c2ccccc2Br)CC1. The lowest BCUT2D eigenvalue weighted by Gasteiger charge is -2.32. The molecule has 0 spiro atoms. The predicted octanol–water partition coefficient (Wildman–Crippen LogP) is 2.33. The quantitative estimate of drug-likeness (QED) is 0.834. The number of amides is 1. The van der Waals surface area contributed by atoms with Crippen molar-refractivity contribution in [3.63, 3.8) is 0 Å². The monoisotopic (exact) mass is 322 g/mol. The largest absolute Gasteiger partial charge is 0.340 e. The molecule has 2 fully saturated rings. The Kier molecular flexibility index (Phi) is 3.63. The molecule has 1 saturated carbocycles. The lowest BCUT2D eigenvalue weighted by Crippen LogP contribution is -2.47. The molecule has 4 heteroatoms. The predicted molar refractivity (Wildman–Crippen MR) is 79.1 cm³/mol. The first-order chi connectivity index (χ1) is 9.16. The van der Waals surface area contributed by atoms with Crippen LogP contribution in [0.2, 0.25) is 0 Å². The number of hydrogen-bond donors (Lipinski definition) is 0. The van der Waals surface area contributed by atoms with E-state index < -0.39 is 0 Å². The lowest BCUT2D eigenvalue weighted by molar-refractivity contribution is -0.134. The summed E-state index contributed by atoms with van der Waals surface area (Å²) >= 11 is 3.59. The summed E-state index contributed by atoms with van der Waals surface area (Å²) in [5.74, 6) is 0.985. The fraction of sp³-hybridized carbons (Fsp3) is 0.533. The number of benzene rings is 1. The van der Waals surface area contributed by atoms with Crippen LogP contribution in [0.25, 0.3) is 0 Å². The fourth-order valence-corrected chi connectivity index (χ4v) is 3.43. The molecule has 0 aromatic heterocycles. The maximum atomic E-state index is 12.5. The second kappa shape index (κ2) is 5.25. The molecule has 1 aromatic carbocycles. The van der Waals surface area contributed by atoms with Gasteiger partial charge in [-0.2, -0.15) is 0 Å². The third kappa shape index (κ3) is 2.70. The zero-order chi connectivity index (χ0) is 13.4. The minimum absolute atomic E-state index is 0.210. The molecule has 3 nitrogen and oxygen atoms in total. The highest BCUT2D eigenvalue weighted by molar-refractivity contribution is 9.10. The molecule has 1 aliphatic heterocycles. The summed E-state index contributed by atoms with van der Waals surface area (Å²) in [6.07, 6.45) is 1.01. The smallest absolute Gasteiger partial charge is 0.226 e. The van der Waals surface area contributed by atoms with Crippen molar-refractivity contribution in [2.24, 2.45) is 5.92 Å². The van der Waals surface area contributed by atoms with E-state index in [0.29, 0.717) is 11.8 Å². The molecule has 0 N–H and O–H groups in total. The number of hydrogen-bond acceptors (Lipinski definition) is 2. The molecule has 2 unspecified atom stereocenters. The van der Waals surface area contributed by atoms with Crippen LogP contribution < -0.4 is 0 Å². The maximum Gasteiger partial charge on any atom is 0.226 e. The summed E-state index contributed by atoms with van der Waals surface area (Å²) in [5.41, 5.74) is 1.29. The Morgan fingerprint density at radius 1 is 1.21 bits per heavy atom. The number of rotatable bonds is 2. The van der Waals surface area contributed by atoms with E-state index in [2.05, 4.69) is 46.1 Å². The zero-order valence-electron chi connectivity index (χ0n) is 11.2. The second-order valence-corrected chi connectivity index (χ2v) is 6.45. The molecule has 1 aliphatic carbocycles. The van der Waals surface area contributed by atoms with Crippen LogP contribution in [-0.4, -0.2) is 48.9 Å². The first-order valence-corrected chi connectivity index (χ1v) is 7.68. The van der Waals surface area contributed by atoms with Gasteiger partial charge in [0.1, 0.15) is 0 Å². The van der Waals surface area contributed by atoms with Gasteiger partial charge in [-0.3, -0.25) is 4.79 Å². The Morgan fingerprint density at radius 3 is 2.58 bits per heavy atom. The molecule has 1 aromatic rings. The molecule has 102 valence electrons. The number of carbonyl (C=O) groups is 1. The van der Waals surface area contributed by atoms with E-state index >= 15 is 0 Å². The highest BCUT2D eigenvalue weighted by Crippen LogP contribution is 2.50. The van der Waals surface area contributed by atoms with Crippen molar-refractivity contribution >= 4 is 21.8 Å². The maximum absolute atomic E-state index is 12.5. The van der Waals surface area contributed by atoms with Gasteiger partial charge in [0.05, 0.1) is 0 Å². The summed E-state index contributed by atoms with van der Waals surface area (Å²) in [4.78, 5) is 16.8. The molecule has 3 rings (SSSR count). The summed E-state index contributed by atoms with van der Waals surface area (Å²) < 4.78 is 1.13. The molecule has 19 heavy (non-hydrogen) atoms. The average Bonchev–Trinajstić information content (AvgIpc) is 3.19. The van der Waals surface area contributed by atoms with Crippen molar-refractivity contribution in [3.05, 3.63) is 34.3 Å². The van der Waals surface area contributed by atoms with E-state index in [9.17, 15) is 4.79 Å². The van der Waals surface area contributed by atoms with Crippen molar-refractivity contribution in [1.29, 1.82) is 0 Å². The molecular formula is C15H19BrN2O. The molecule has 2 atom stereocenters. The number of nitrogens with zero attached hydrogens (tertiary/aromatic N) is 2. The molecule has 1 heterocycles. The van der Waals surface area contributed by atoms with Crippen molar-refractivity contribution in [2.75, 3.05) is 33.2 Å². The van der Waals surface area contributed by atoms with Gasteiger partial charge in [-0.15, -0.1) is 0 Å². The van der Waals surface area contributed by atoms with E-state index in [1.807, 2.05) is 11.0 Å². The van der Waals surface area contributed by atoms with Gasteiger partial charge in [-0.25, -0.2) is 0 Å². The van der Waals surface area contributed by atoms with Crippen LogP contribution in [0.15, 0.2) is 28.7 Å². The second-order valence-electron chi connectivity index (χ2n) is 5.60. The van der Waals surface area contributed by atoms with Gasteiger partial charge in [0.25, 0.3) is 0 Å². The Morgan fingerprint density at radius 2 is 1.89 bits per heavy atom. The summed E-state index contributed by atoms with van der Waals surface area (Å²) in [6, 6.07) is 8.26. The molecular weight excluding hydrogens is 304 g/mol. The number of carbonyl (C=O) groups excluding carboxylic acids is 1. The van der Waals surface area contributed by atoms with Crippen LogP contribution >= 0.6 is 15.9 Å².